The molecule has 2 heteroatoms. The molecule has 0 spiro atoms. The Kier molecular flexibility index (Phi) is 13.5. The Morgan fingerprint density at radius 1 is 0.696 bits per heavy atom. The predicted molar refractivity (Wildman–Crippen MR) is 101 cm³/mol. The van der Waals surface area contributed by atoms with Crippen molar-refractivity contribution in [3.8, 4) is 0 Å². The molecule has 0 aliphatic rings. The lowest BCUT2D eigenvalue weighted by molar-refractivity contribution is -0.141. The van der Waals surface area contributed by atoms with Gasteiger partial charge in [0.25, 0.3) is 0 Å². The summed E-state index contributed by atoms with van der Waals surface area (Å²) in [4.78, 5) is 11.2. The second-order valence-corrected chi connectivity index (χ2v) is 8.28. The number of hydrogen-bond acceptors (Lipinski definition) is 2. The van der Waals surface area contributed by atoms with E-state index in [9.17, 15) is 4.79 Å². The molecule has 0 saturated heterocycles. The molecule has 0 bridgehead atoms. The Labute approximate surface area is 145 Å². The molecule has 0 aromatic rings. The van der Waals surface area contributed by atoms with Crippen LogP contribution >= 0.6 is 0 Å². The molecule has 0 rings (SSSR count). The van der Waals surface area contributed by atoms with Crippen molar-refractivity contribution in [2.24, 2.45) is 23.7 Å². The van der Waals surface area contributed by atoms with Gasteiger partial charge in [-0.3, -0.25) is 4.79 Å². The molecular weight excluding hydrogens is 284 g/mol. The minimum absolute atomic E-state index is 0.0722. The average Bonchev–Trinajstić information content (AvgIpc) is 2.46. The molecule has 0 unspecified atom stereocenters. The summed E-state index contributed by atoms with van der Waals surface area (Å²) < 4.78 is 4.73. The fraction of sp³-hybridized carbons (Fsp3) is 0.952. The highest BCUT2D eigenvalue weighted by atomic mass is 16.5. The van der Waals surface area contributed by atoms with Crippen LogP contribution in [0.2, 0.25) is 0 Å². The summed E-state index contributed by atoms with van der Waals surface area (Å²) in [6, 6.07) is 0. The lowest BCUT2D eigenvalue weighted by Gasteiger charge is -2.16. The number of hydrogen-bond donors (Lipinski definition) is 0. The molecule has 0 aromatic carbocycles. The zero-order chi connectivity index (χ0) is 17.7. The maximum Gasteiger partial charge on any atom is 0.305 e. The van der Waals surface area contributed by atoms with Gasteiger partial charge in [-0.25, -0.2) is 0 Å². The number of carbonyl (C=O) groups is 1. The first-order valence-corrected chi connectivity index (χ1v) is 9.91. The van der Waals surface area contributed by atoms with Crippen molar-refractivity contribution in [3.05, 3.63) is 0 Å². The predicted octanol–water partition coefficient (Wildman–Crippen LogP) is 6.62. The minimum atomic E-state index is -0.0722. The zero-order valence-electron chi connectivity index (χ0n) is 16.7. The molecule has 138 valence electrons. The molecule has 2 nitrogen and oxygen atoms in total. The molecule has 0 fully saturated rings. The average molecular weight is 327 g/mol. The zero-order valence-corrected chi connectivity index (χ0v) is 16.7. The van der Waals surface area contributed by atoms with Gasteiger partial charge in [-0.2, -0.15) is 0 Å². The normalized spacial score (nSPS) is 15.4. The first-order chi connectivity index (χ1) is 10.8. The summed E-state index contributed by atoms with van der Waals surface area (Å²) in [7, 11) is 1.47. The highest BCUT2D eigenvalue weighted by Crippen LogP contribution is 2.22. The second kappa shape index (κ2) is 13.9. The Hall–Kier alpha value is -0.530. The fourth-order valence-electron chi connectivity index (χ4n) is 3.26. The van der Waals surface area contributed by atoms with Gasteiger partial charge in [-0.05, 0) is 23.7 Å². The summed E-state index contributed by atoms with van der Waals surface area (Å²) in [6.07, 6.45) is 12.6. The van der Waals surface area contributed by atoms with Gasteiger partial charge in [0.15, 0.2) is 0 Å². The second-order valence-electron chi connectivity index (χ2n) is 8.28. The van der Waals surface area contributed by atoms with Crippen molar-refractivity contribution < 1.29 is 9.53 Å². The van der Waals surface area contributed by atoms with E-state index in [0.29, 0.717) is 12.3 Å². The Bertz CT molecular complexity index is 286. The lowest BCUT2D eigenvalue weighted by atomic mass is 9.91. The van der Waals surface area contributed by atoms with E-state index < -0.39 is 0 Å². The van der Waals surface area contributed by atoms with Crippen molar-refractivity contribution >= 4 is 5.97 Å². The van der Waals surface area contributed by atoms with Crippen molar-refractivity contribution in [2.75, 3.05) is 7.11 Å². The van der Waals surface area contributed by atoms with Gasteiger partial charge in [0.05, 0.1) is 7.11 Å². The Morgan fingerprint density at radius 2 is 1.09 bits per heavy atom. The van der Waals surface area contributed by atoms with Crippen molar-refractivity contribution in [3.63, 3.8) is 0 Å². The number of carbonyl (C=O) groups excluding carboxylic acids is 1. The first-order valence-electron chi connectivity index (χ1n) is 9.91. The van der Waals surface area contributed by atoms with Gasteiger partial charge >= 0.3 is 5.97 Å². The molecule has 23 heavy (non-hydrogen) atoms. The van der Waals surface area contributed by atoms with E-state index in [-0.39, 0.29) is 5.97 Å². The molecular formula is C21H42O2. The third kappa shape index (κ3) is 14.8. The lowest BCUT2D eigenvalue weighted by Crippen LogP contribution is -2.07. The largest absolute Gasteiger partial charge is 0.469 e. The van der Waals surface area contributed by atoms with Crippen LogP contribution in [0.4, 0.5) is 0 Å². The highest BCUT2D eigenvalue weighted by Gasteiger charge is 2.10. The number of ether oxygens (including phenoxy) is 1. The first kappa shape index (κ1) is 22.5. The summed E-state index contributed by atoms with van der Waals surface area (Å²) in [5.41, 5.74) is 0. The van der Waals surface area contributed by atoms with E-state index in [1.807, 2.05) is 0 Å². The topological polar surface area (TPSA) is 26.3 Å². The van der Waals surface area contributed by atoms with E-state index in [4.69, 9.17) is 4.74 Å². The Morgan fingerprint density at radius 3 is 1.48 bits per heavy atom. The summed E-state index contributed by atoms with van der Waals surface area (Å²) >= 11 is 0. The van der Waals surface area contributed by atoms with Gasteiger partial charge in [-0.1, -0.05) is 92.4 Å². The van der Waals surface area contributed by atoms with E-state index in [2.05, 4.69) is 34.6 Å². The number of rotatable bonds is 14. The smallest absolute Gasteiger partial charge is 0.305 e. The van der Waals surface area contributed by atoms with Crippen LogP contribution in [-0.2, 0) is 9.53 Å². The Balaban J connectivity index is 3.56. The maximum atomic E-state index is 11.2. The van der Waals surface area contributed by atoms with Crippen LogP contribution in [-0.4, -0.2) is 13.1 Å². The van der Waals surface area contributed by atoms with E-state index in [0.717, 1.165) is 24.2 Å². The van der Waals surface area contributed by atoms with Crippen LogP contribution in [0.1, 0.15) is 98.8 Å². The van der Waals surface area contributed by atoms with Crippen LogP contribution in [0.25, 0.3) is 0 Å². The highest BCUT2D eigenvalue weighted by molar-refractivity contribution is 5.69. The standard InChI is InChI=1S/C21H42O2/c1-17(2)10-7-11-18(3)12-8-13-19(4)14-9-15-20(5)16-21(22)23-6/h17-20H,7-16H2,1-6H3/t18-,19+,20+/m0/s1. The van der Waals surface area contributed by atoms with E-state index in [1.54, 1.807) is 0 Å². The van der Waals surface area contributed by atoms with Crippen LogP contribution in [0.15, 0.2) is 0 Å². The third-order valence-electron chi connectivity index (χ3n) is 5.01. The van der Waals surface area contributed by atoms with Gasteiger partial charge in [0.1, 0.15) is 0 Å². The minimum Gasteiger partial charge on any atom is -0.469 e. The molecule has 0 N–H and O–H groups in total. The summed E-state index contributed by atoms with van der Waals surface area (Å²) in [6.45, 7) is 11.6. The summed E-state index contributed by atoms with van der Waals surface area (Å²) in [5.74, 6) is 2.95. The van der Waals surface area contributed by atoms with Gasteiger partial charge in [0.2, 0.25) is 0 Å². The SMILES string of the molecule is COC(=O)C[C@H](C)CCC[C@H](C)CCC[C@@H](C)CCCC(C)C. The van der Waals surface area contributed by atoms with Crippen LogP contribution in [0.3, 0.4) is 0 Å². The molecule has 0 aliphatic carbocycles. The number of methoxy groups -OCH3 is 1. The van der Waals surface area contributed by atoms with Gasteiger partial charge < -0.3 is 4.74 Å². The molecule has 0 aliphatic heterocycles. The molecule has 0 amide bonds. The van der Waals surface area contributed by atoms with E-state index >= 15 is 0 Å². The molecule has 0 saturated carbocycles. The van der Waals surface area contributed by atoms with Crippen LogP contribution < -0.4 is 0 Å². The van der Waals surface area contributed by atoms with Crippen molar-refractivity contribution in [1.29, 1.82) is 0 Å². The number of esters is 1. The van der Waals surface area contributed by atoms with Crippen molar-refractivity contribution in [1.82, 2.24) is 0 Å². The van der Waals surface area contributed by atoms with Crippen LogP contribution in [0, 0.1) is 23.7 Å². The molecule has 3 atom stereocenters. The van der Waals surface area contributed by atoms with E-state index in [1.165, 1.54) is 58.5 Å². The monoisotopic (exact) mass is 326 g/mol. The maximum absolute atomic E-state index is 11.2. The van der Waals surface area contributed by atoms with Crippen LogP contribution in [0.5, 0.6) is 0 Å². The van der Waals surface area contributed by atoms with Gasteiger partial charge in [-0.15, -0.1) is 0 Å². The third-order valence-corrected chi connectivity index (χ3v) is 5.01. The fourth-order valence-corrected chi connectivity index (χ4v) is 3.26. The molecule has 0 aromatic heterocycles. The quantitative estimate of drug-likeness (QED) is 0.335. The van der Waals surface area contributed by atoms with Crippen molar-refractivity contribution in [2.45, 2.75) is 98.8 Å². The van der Waals surface area contributed by atoms with Gasteiger partial charge in [0, 0.05) is 6.42 Å². The summed E-state index contributed by atoms with van der Waals surface area (Å²) in [5, 5.41) is 0. The molecule has 0 heterocycles. The molecule has 0 radical (unpaired) electrons.